The zero-order chi connectivity index (χ0) is 12.7. The Morgan fingerprint density at radius 2 is 2.06 bits per heavy atom. The molecule has 0 aliphatic carbocycles. The van der Waals surface area contributed by atoms with Crippen LogP contribution in [-0.2, 0) is 0 Å². The fourth-order valence-electron chi connectivity index (χ4n) is 1.53. The third-order valence-corrected chi connectivity index (χ3v) is 3.30. The number of unbranched alkanes of at least 4 members (excludes halogenated alkanes) is 1. The van der Waals surface area contributed by atoms with Crippen LogP contribution in [0, 0.1) is 6.92 Å². The Hall–Kier alpha value is -0.860. The lowest BCUT2D eigenvalue weighted by Crippen LogP contribution is -2.01. The molecule has 1 aromatic rings. The largest absolute Gasteiger partial charge is 0.389 e. The number of aliphatic hydroxyl groups excluding tert-OH is 1. The van der Waals surface area contributed by atoms with Gasteiger partial charge in [0.1, 0.15) is 0 Å². The molecule has 17 heavy (non-hydrogen) atoms. The SMILES string of the molecule is C=CCCCC(O)/C=C(\Br)c1ccc(C)cc1. The zero-order valence-electron chi connectivity index (χ0n) is 10.2. The van der Waals surface area contributed by atoms with E-state index in [-0.39, 0.29) is 0 Å². The van der Waals surface area contributed by atoms with Gasteiger partial charge in [-0.05, 0) is 37.8 Å². The summed E-state index contributed by atoms with van der Waals surface area (Å²) in [6.45, 7) is 5.73. The van der Waals surface area contributed by atoms with E-state index >= 15 is 0 Å². The molecule has 0 radical (unpaired) electrons. The van der Waals surface area contributed by atoms with Crippen molar-refractivity contribution in [2.24, 2.45) is 0 Å². The minimum atomic E-state index is -0.398. The van der Waals surface area contributed by atoms with E-state index in [0.29, 0.717) is 0 Å². The molecule has 0 saturated carbocycles. The second-order valence-corrected chi connectivity index (χ2v) is 5.02. The molecule has 0 spiro atoms. The molecule has 1 nitrogen and oxygen atoms in total. The van der Waals surface area contributed by atoms with Gasteiger partial charge in [-0.15, -0.1) is 6.58 Å². The Morgan fingerprint density at radius 3 is 2.65 bits per heavy atom. The molecule has 1 aromatic carbocycles. The van der Waals surface area contributed by atoms with Gasteiger partial charge in [-0.2, -0.15) is 0 Å². The molecule has 0 aliphatic rings. The highest BCUT2D eigenvalue weighted by molar-refractivity contribution is 9.15. The Labute approximate surface area is 112 Å². The average Bonchev–Trinajstić information content (AvgIpc) is 2.30. The first kappa shape index (κ1) is 14.2. The lowest BCUT2D eigenvalue weighted by atomic mass is 10.1. The lowest BCUT2D eigenvalue weighted by Gasteiger charge is -2.06. The maximum absolute atomic E-state index is 9.82. The Bertz CT molecular complexity index is 378. The second-order valence-electron chi connectivity index (χ2n) is 4.17. The first-order valence-corrected chi connectivity index (χ1v) is 6.66. The molecule has 0 bridgehead atoms. The van der Waals surface area contributed by atoms with Crippen LogP contribution in [-0.4, -0.2) is 11.2 Å². The molecule has 1 unspecified atom stereocenters. The predicted molar refractivity (Wildman–Crippen MR) is 78.1 cm³/mol. The summed E-state index contributed by atoms with van der Waals surface area (Å²) in [5.74, 6) is 0. The summed E-state index contributed by atoms with van der Waals surface area (Å²) in [5, 5.41) is 9.82. The fourth-order valence-corrected chi connectivity index (χ4v) is 2.10. The quantitative estimate of drug-likeness (QED) is 0.607. The number of aliphatic hydroxyl groups is 1. The number of hydrogen-bond acceptors (Lipinski definition) is 1. The summed E-state index contributed by atoms with van der Waals surface area (Å²) in [6.07, 6.45) is 6.03. The van der Waals surface area contributed by atoms with Crippen LogP contribution in [0.1, 0.15) is 30.4 Å². The molecular weight excluding hydrogens is 276 g/mol. The van der Waals surface area contributed by atoms with Gasteiger partial charge in [0.15, 0.2) is 0 Å². The Balaban J connectivity index is 2.58. The van der Waals surface area contributed by atoms with Gasteiger partial charge < -0.3 is 5.11 Å². The van der Waals surface area contributed by atoms with Crippen molar-refractivity contribution in [2.45, 2.75) is 32.3 Å². The number of aryl methyl sites for hydroxylation is 1. The van der Waals surface area contributed by atoms with Gasteiger partial charge in [-0.25, -0.2) is 0 Å². The van der Waals surface area contributed by atoms with Gasteiger partial charge in [0.2, 0.25) is 0 Å². The minimum absolute atomic E-state index is 0.398. The number of benzene rings is 1. The summed E-state index contributed by atoms with van der Waals surface area (Å²) >= 11 is 3.50. The molecular formula is C15H19BrO. The van der Waals surface area contributed by atoms with Crippen LogP contribution in [0.2, 0.25) is 0 Å². The molecule has 1 N–H and O–H groups in total. The molecule has 1 rings (SSSR count). The van der Waals surface area contributed by atoms with E-state index in [4.69, 9.17) is 0 Å². The highest BCUT2D eigenvalue weighted by Gasteiger charge is 2.03. The molecule has 2 heteroatoms. The van der Waals surface area contributed by atoms with E-state index < -0.39 is 6.10 Å². The van der Waals surface area contributed by atoms with Crippen LogP contribution >= 0.6 is 15.9 Å². The normalized spacial score (nSPS) is 13.5. The van der Waals surface area contributed by atoms with Crippen molar-refractivity contribution >= 4 is 20.4 Å². The first-order valence-electron chi connectivity index (χ1n) is 5.87. The average molecular weight is 295 g/mol. The van der Waals surface area contributed by atoms with E-state index in [1.807, 2.05) is 24.3 Å². The number of rotatable bonds is 6. The molecule has 92 valence electrons. The molecule has 0 amide bonds. The van der Waals surface area contributed by atoms with E-state index in [1.165, 1.54) is 5.56 Å². The summed E-state index contributed by atoms with van der Waals surface area (Å²) in [5.41, 5.74) is 2.33. The van der Waals surface area contributed by atoms with Crippen LogP contribution in [0.4, 0.5) is 0 Å². The van der Waals surface area contributed by atoms with Gasteiger partial charge in [-0.1, -0.05) is 51.8 Å². The minimum Gasteiger partial charge on any atom is -0.389 e. The summed E-state index contributed by atoms with van der Waals surface area (Å²) < 4.78 is 0.948. The molecule has 0 heterocycles. The van der Waals surface area contributed by atoms with Crippen molar-refractivity contribution in [3.63, 3.8) is 0 Å². The van der Waals surface area contributed by atoms with Crippen molar-refractivity contribution in [1.82, 2.24) is 0 Å². The summed E-state index contributed by atoms with van der Waals surface area (Å²) in [4.78, 5) is 0. The molecule has 1 atom stereocenters. The van der Waals surface area contributed by atoms with Crippen LogP contribution in [0.3, 0.4) is 0 Å². The molecule has 0 aromatic heterocycles. The first-order chi connectivity index (χ1) is 8.13. The van der Waals surface area contributed by atoms with Crippen molar-refractivity contribution < 1.29 is 5.11 Å². The number of hydrogen-bond donors (Lipinski definition) is 1. The van der Waals surface area contributed by atoms with Gasteiger partial charge >= 0.3 is 0 Å². The maximum atomic E-state index is 9.82. The lowest BCUT2D eigenvalue weighted by molar-refractivity contribution is 0.210. The topological polar surface area (TPSA) is 20.2 Å². The van der Waals surface area contributed by atoms with E-state index in [0.717, 1.165) is 29.3 Å². The van der Waals surface area contributed by atoms with Gasteiger partial charge in [-0.3, -0.25) is 0 Å². The highest BCUT2D eigenvalue weighted by Crippen LogP contribution is 2.22. The summed E-state index contributed by atoms with van der Waals surface area (Å²) in [6, 6.07) is 8.22. The molecule has 0 aliphatic heterocycles. The third kappa shape index (κ3) is 5.33. The number of allylic oxidation sites excluding steroid dienone is 1. The summed E-state index contributed by atoms with van der Waals surface area (Å²) in [7, 11) is 0. The fraction of sp³-hybridized carbons (Fsp3) is 0.333. The standard InChI is InChI=1S/C15H19BrO/c1-3-4-5-6-14(17)11-15(16)13-9-7-12(2)8-10-13/h3,7-11,14,17H,1,4-6H2,2H3/b15-11-. The monoisotopic (exact) mass is 294 g/mol. The van der Waals surface area contributed by atoms with E-state index in [1.54, 1.807) is 0 Å². The van der Waals surface area contributed by atoms with Crippen LogP contribution in [0.25, 0.3) is 4.48 Å². The Kier molecular flexibility index (Phi) is 6.23. The second kappa shape index (κ2) is 7.46. The van der Waals surface area contributed by atoms with Crippen LogP contribution < -0.4 is 0 Å². The number of halogens is 1. The van der Waals surface area contributed by atoms with Crippen LogP contribution in [0.15, 0.2) is 43.0 Å². The van der Waals surface area contributed by atoms with Gasteiger partial charge in [0.25, 0.3) is 0 Å². The smallest absolute Gasteiger partial charge is 0.0735 e. The van der Waals surface area contributed by atoms with Gasteiger partial charge in [0.05, 0.1) is 6.10 Å². The van der Waals surface area contributed by atoms with Crippen LogP contribution in [0.5, 0.6) is 0 Å². The highest BCUT2D eigenvalue weighted by atomic mass is 79.9. The molecule has 0 fully saturated rings. The van der Waals surface area contributed by atoms with Crippen molar-refractivity contribution in [2.75, 3.05) is 0 Å². The maximum Gasteiger partial charge on any atom is 0.0735 e. The third-order valence-electron chi connectivity index (χ3n) is 2.57. The van der Waals surface area contributed by atoms with E-state index in [2.05, 4.69) is 41.6 Å². The van der Waals surface area contributed by atoms with Gasteiger partial charge in [0, 0.05) is 4.48 Å². The Morgan fingerprint density at radius 1 is 1.41 bits per heavy atom. The van der Waals surface area contributed by atoms with Crippen molar-refractivity contribution in [3.05, 3.63) is 54.1 Å². The zero-order valence-corrected chi connectivity index (χ0v) is 11.8. The predicted octanol–water partition coefficient (Wildman–Crippen LogP) is 4.45. The molecule has 0 saturated heterocycles. The van der Waals surface area contributed by atoms with E-state index in [9.17, 15) is 5.11 Å². The van der Waals surface area contributed by atoms with Crippen molar-refractivity contribution in [1.29, 1.82) is 0 Å². The van der Waals surface area contributed by atoms with Crippen molar-refractivity contribution in [3.8, 4) is 0 Å².